The standard InChI is InChI=1S/C15H15NO3S/c1-12(15(18)19-8-7-16-11-17)9-14(20)10-13-5-3-2-4-6-13/h2-6,10,20H,1,7-9H2. The van der Waals surface area contributed by atoms with Crippen LogP contribution in [-0.4, -0.2) is 25.2 Å². The van der Waals surface area contributed by atoms with Gasteiger partial charge >= 0.3 is 5.97 Å². The average Bonchev–Trinajstić information content (AvgIpc) is 2.44. The molecule has 1 aromatic rings. The summed E-state index contributed by atoms with van der Waals surface area (Å²) in [6, 6.07) is 9.64. The third kappa shape index (κ3) is 6.18. The van der Waals surface area contributed by atoms with Gasteiger partial charge in [-0.15, -0.1) is 12.6 Å². The maximum atomic E-state index is 11.6. The molecule has 0 aliphatic heterocycles. The number of aliphatic imine (C=N–C) groups is 1. The summed E-state index contributed by atoms with van der Waals surface area (Å²) in [6.45, 7) is 3.81. The molecule has 0 aromatic heterocycles. The monoisotopic (exact) mass is 289 g/mol. The van der Waals surface area contributed by atoms with Crippen LogP contribution >= 0.6 is 12.6 Å². The summed E-state index contributed by atoms with van der Waals surface area (Å²) in [5.41, 5.74) is 1.30. The van der Waals surface area contributed by atoms with Gasteiger partial charge in [-0.05, 0) is 16.5 Å². The second-order valence-corrected chi connectivity index (χ2v) is 4.51. The normalized spacial score (nSPS) is 10.6. The molecule has 0 N–H and O–H groups in total. The largest absolute Gasteiger partial charge is 0.460 e. The highest BCUT2D eigenvalue weighted by molar-refractivity contribution is 7.84. The van der Waals surface area contributed by atoms with Crippen LogP contribution in [0.25, 0.3) is 6.08 Å². The first-order valence-electron chi connectivity index (χ1n) is 5.96. The number of hydrogen-bond donors (Lipinski definition) is 1. The predicted octanol–water partition coefficient (Wildman–Crippen LogP) is 2.78. The Bertz CT molecular complexity index is 545. The van der Waals surface area contributed by atoms with Gasteiger partial charge in [-0.25, -0.2) is 14.6 Å². The number of benzene rings is 1. The van der Waals surface area contributed by atoms with E-state index >= 15 is 0 Å². The first kappa shape index (κ1) is 16.0. The van der Waals surface area contributed by atoms with E-state index in [2.05, 4.69) is 24.2 Å². The van der Waals surface area contributed by atoms with Gasteiger partial charge in [-0.1, -0.05) is 36.9 Å². The molecule has 0 spiro atoms. The topological polar surface area (TPSA) is 55.7 Å². The molecule has 20 heavy (non-hydrogen) atoms. The summed E-state index contributed by atoms with van der Waals surface area (Å²) in [6.07, 6.45) is 3.54. The number of esters is 1. The number of carbonyl (C=O) groups excluding carboxylic acids is 2. The maximum absolute atomic E-state index is 11.6. The molecule has 0 radical (unpaired) electrons. The summed E-state index contributed by atoms with van der Waals surface area (Å²) in [5, 5.41) is 0. The highest BCUT2D eigenvalue weighted by atomic mass is 32.1. The van der Waals surface area contributed by atoms with Crippen LogP contribution in [0.3, 0.4) is 0 Å². The van der Waals surface area contributed by atoms with Crippen LogP contribution in [0.15, 0.2) is 52.4 Å². The van der Waals surface area contributed by atoms with Crippen molar-refractivity contribution < 1.29 is 14.3 Å². The molecule has 0 heterocycles. The molecule has 0 saturated carbocycles. The Morgan fingerprint density at radius 3 is 2.75 bits per heavy atom. The van der Waals surface area contributed by atoms with Crippen LogP contribution in [-0.2, 0) is 14.3 Å². The summed E-state index contributed by atoms with van der Waals surface area (Å²) in [7, 11) is 0. The molecule has 0 aliphatic rings. The molecular formula is C15H15NO3S. The van der Waals surface area contributed by atoms with Crippen molar-refractivity contribution in [2.24, 2.45) is 4.99 Å². The minimum atomic E-state index is -0.515. The Labute approximate surface area is 123 Å². The fourth-order valence-corrected chi connectivity index (χ4v) is 1.76. The van der Waals surface area contributed by atoms with Crippen LogP contribution < -0.4 is 0 Å². The van der Waals surface area contributed by atoms with Gasteiger partial charge in [0.05, 0.1) is 6.54 Å². The fraction of sp³-hybridized carbons (Fsp3) is 0.200. The van der Waals surface area contributed by atoms with Crippen LogP contribution in [0.5, 0.6) is 0 Å². The first-order chi connectivity index (χ1) is 9.63. The van der Waals surface area contributed by atoms with Gasteiger partial charge in [0, 0.05) is 12.0 Å². The van der Waals surface area contributed by atoms with Crippen molar-refractivity contribution in [2.75, 3.05) is 13.2 Å². The smallest absolute Gasteiger partial charge is 0.333 e. The second-order valence-electron chi connectivity index (χ2n) is 3.94. The van der Waals surface area contributed by atoms with E-state index in [0.29, 0.717) is 16.9 Å². The van der Waals surface area contributed by atoms with Gasteiger partial charge in [0.2, 0.25) is 6.08 Å². The van der Waals surface area contributed by atoms with Crippen molar-refractivity contribution >= 4 is 30.8 Å². The molecule has 5 heteroatoms. The Morgan fingerprint density at radius 2 is 2.10 bits per heavy atom. The number of carbonyl (C=O) groups is 1. The van der Waals surface area contributed by atoms with Crippen molar-refractivity contribution in [1.29, 1.82) is 0 Å². The fourth-order valence-electron chi connectivity index (χ4n) is 1.42. The number of ether oxygens (including phenoxy) is 1. The van der Waals surface area contributed by atoms with E-state index in [0.717, 1.165) is 5.56 Å². The molecular weight excluding hydrogens is 274 g/mol. The molecule has 0 amide bonds. The zero-order valence-electron chi connectivity index (χ0n) is 10.9. The van der Waals surface area contributed by atoms with Gasteiger partial charge < -0.3 is 4.74 Å². The molecule has 0 fully saturated rings. The average molecular weight is 289 g/mol. The number of allylic oxidation sites excluding steroid dienone is 1. The van der Waals surface area contributed by atoms with Crippen molar-refractivity contribution in [2.45, 2.75) is 6.42 Å². The lowest BCUT2D eigenvalue weighted by atomic mass is 10.1. The zero-order chi connectivity index (χ0) is 14.8. The van der Waals surface area contributed by atoms with Gasteiger partial charge in [-0.2, -0.15) is 0 Å². The Hall–Kier alpha value is -2.10. The minimum absolute atomic E-state index is 0.0391. The van der Waals surface area contributed by atoms with Crippen LogP contribution in [0.4, 0.5) is 0 Å². The number of nitrogens with zero attached hydrogens (tertiary/aromatic N) is 1. The SMILES string of the molecule is C=C(CC(S)=Cc1ccccc1)C(=O)OCCN=C=O. The Morgan fingerprint density at radius 1 is 1.40 bits per heavy atom. The van der Waals surface area contributed by atoms with E-state index in [1.807, 2.05) is 36.4 Å². The summed E-state index contributed by atoms with van der Waals surface area (Å²) >= 11 is 4.32. The van der Waals surface area contributed by atoms with E-state index < -0.39 is 5.97 Å². The molecule has 0 aliphatic carbocycles. The molecule has 1 aromatic carbocycles. The quantitative estimate of drug-likeness (QED) is 0.210. The van der Waals surface area contributed by atoms with Crippen molar-refractivity contribution in [1.82, 2.24) is 0 Å². The van der Waals surface area contributed by atoms with Crippen LogP contribution in [0.2, 0.25) is 0 Å². The summed E-state index contributed by atoms with van der Waals surface area (Å²) in [4.78, 5) is 25.4. The molecule has 4 nitrogen and oxygen atoms in total. The van der Waals surface area contributed by atoms with E-state index in [9.17, 15) is 9.59 Å². The molecule has 0 atom stereocenters. The summed E-state index contributed by atoms with van der Waals surface area (Å²) in [5.74, 6) is -0.515. The van der Waals surface area contributed by atoms with E-state index in [1.165, 1.54) is 6.08 Å². The lowest BCUT2D eigenvalue weighted by Gasteiger charge is -2.06. The highest BCUT2D eigenvalue weighted by Gasteiger charge is 2.09. The first-order valence-corrected chi connectivity index (χ1v) is 6.41. The van der Waals surface area contributed by atoms with E-state index in [4.69, 9.17) is 4.74 Å². The molecule has 1 rings (SSSR count). The number of isocyanates is 1. The Kier molecular flexibility index (Phi) is 7.11. The highest BCUT2D eigenvalue weighted by Crippen LogP contribution is 2.18. The van der Waals surface area contributed by atoms with Crippen molar-refractivity contribution in [3.05, 3.63) is 53.0 Å². The van der Waals surface area contributed by atoms with Crippen LogP contribution in [0, 0.1) is 0 Å². The van der Waals surface area contributed by atoms with Gasteiger partial charge in [0.15, 0.2) is 0 Å². The minimum Gasteiger partial charge on any atom is -0.460 e. The van der Waals surface area contributed by atoms with Gasteiger partial charge in [-0.3, -0.25) is 0 Å². The van der Waals surface area contributed by atoms with Crippen molar-refractivity contribution in [3.63, 3.8) is 0 Å². The number of thiol groups is 1. The lowest BCUT2D eigenvalue weighted by Crippen LogP contribution is -2.10. The van der Waals surface area contributed by atoms with Crippen molar-refractivity contribution in [3.8, 4) is 0 Å². The maximum Gasteiger partial charge on any atom is 0.333 e. The zero-order valence-corrected chi connectivity index (χ0v) is 11.8. The van der Waals surface area contributed by atoms with E-state index in [1.54, 1.807) is 0 Å². The molecule has 0 bridgehead atoms. The molecule has 104 valence electrons. The molecule has 0 unspecified atom stereocenters. The van der Waals surface area contributed by atoms with Gasteiger partial charge in [0.1, 0.15) is 6.61 Å². The number of hydrogen-bond acceptors (Lipinski definition) is 5. The van der Waals surface area contributed by atoms with Gasteiger partial charge in [0.25, 0.3) is 0 Å². The van der Waals surface area contributed by atoms with E-state index in [-0.39, 0.29) is 13.2 Å². The molecule has 0 saturated heterocycles. The third-order valence-electron chi connectivity index (χ3n) is 2.32. The summed E-state index contributed by atoms with van der Waals surface area (Å²) < 4.78 is 4.88. The predicted molar refractivity (Wildman–Crippen MR) is 81.1 cm³/mol. The third-order valence-corrected chi connectivity index (χ3v) is 2.60. The Balaban J connectivity index is 2.46. The lowest BCUT2D eigenvalue weighted by molar-refractivity contribution is -0.138. The second kappa shape index (κ2) is 8.91. The number of rotatable bonds is 7. The van der Waals surface area contributed by atoms with Crippen LogP contribution in [0.1, 0.15) is 12.0 Å².